The number of nitrogens with zero attached hydrogens (tertiary/aromatic N) is 4. The molecule has 4 heterocycles. The van der Waals surface area contributed by atoms with E-state index in [9.17, 15) is 4.79 Å². The average molecular weight is 350 g/mol. The highest BCUT2D eigenvalue weighted by Gasteiger charge is 2.23. The fourth-order valence-electron chi connectivity index (χ4n) is 3.20. The number of rotatable bonds is 2. The van der Waals surface area contributed by atoms with Crippen molar-refractivity contribution < 1.29 is 4.79 Å². The minimum Gasteiger partial charge on any atom is -0.337 e. The lowest BCUT2D eigenvalue weighted by Crippen LogP contribution is -2.33. The first kappa shape index (κ1) is 15.9. The maximum absolute atomic E-state index is 12.8. The molecule has 4 rings (SSSR count). The van der Waals surface area contributed by atoms with Gasteiger partial charge in [-0.2, -0.15) is 11.3 Å². The van der Waals surface area contributed by atoms with Crippen molar-refractivity contribution >= 4 is 17.2 Å². The van der Waals surface area contributed by atoms with Crippen LogP contribution in [0.1, 0.15) is 27.4 Å². The standard InChI is InChI=1S/C19H18N4OS/c1-13-3-2-4-17(22-13)19(24)23-8-5-15-16(6-9-23)20-12-21-18(15)14-7-10-25-11-14/h2-4,7,10-12H,5-6,8-9H2,1H3. The molecule has 0 spiro atoms. The summed E-state index contributed by atoms with van der Waals surface area (Å²) in [5.74, 6) is -0.0125. The van der Waals surface area contributed by atoms with Crippen molar-refractivity contribution in [3.05, 3.63) is 64.0 Å². The highest BCUT2D eigenvalue weighted by Crippen LogP contribution is 2.27. The Morgan fingerprint density at radius 1 is 1.16 bits per heavy atom. The van der Waals surface area contributed by atoms with E-state index in [-0.39, 0.29) is 5.91 Å². The first-order valence-electron chi connectivity index (χ1n) is 8.30. The first-order valence-corrected chi connectivity index (χ1v) is 9.25. The van der Waals surface area contributed by atoms with Gasteiger partial charge in [0.2, 0.25) is 0 Å². The number of carbonyl (C=O) groups is 1. The molecule has 1 aliphatic rings. The van der Waals surface area contributed by atoms with Gasteiger partial charge in [0.25, 0.3) is 5.91 Å². The van der Waals surface area contributed by atoms with Gasteiger partial charge in [0.1, 0.15) is 12.0 Å². The number of thiophene rings is 1. The third-order valence-corrected chi connectivity index (χ3v) is 5.16. The van der Waals surface area contributed by atoms with E-state index in [2.05, 4.69) is 31.8 Å². The molecule has 126 valence electrons. The zero-order valence-electron chi connectivity index (χ0n) is 14.0. The summed E-state index contributed by atoms with van der Waals surface area (Å²) < 4.78 is 0. The van der Waals surface area contributed by atoms with E-state index >= 15 is 0 Å². The van der Waals surface area contributed by atoms with E-state index in [1.807, 2.05) is 24.0 Å². The van der Waals surface area contributed by atoms with E-state index in [4.69, 9.17) is 0 Å². The van der Waals surface area contributed by atoms with E-state index in [0.717, 1.165) is 41.1 Å². The van der Waals surface area contributed by atoms with Crippen LogP contribution in [0.3, 0.4) is 0 Å². The van der Waals surface area contributed by atoms with Gasteiger partial charge in [0.05, 0.1) is 5.69 Å². The summed E-state index contributed by atoms with van der Waals surface area (Å²) in [5, 5.41) is 4.16. The number of hydrogen-bond donors (Lipinski definition) is 0. The summed E-state index contributed by atoms with van der Waals surface area (Å²) in [7, 11) is 0. The zero-order chi connectivity index (χ0) is 17.2. The zero-order valence-corrected chi connectivity index (χ0v) is 14.8. The van der Waals surface area contributed by atoms with Gasteiger partial charge < -0.3 is 4.90 Å². The fraction of sp³-hybridized carbons (Fsp3) is 0.263. The molecule has 1 amide bonds. The molecule has 0 N–H and O–H groups in total. The second-order valence-electron chi connectivity index (χ2n) is 6.12. The predicted molar refractivity (Wildman–Crippen MR) is 97.6 cm³/mol. The van der Waals surface area contributed by atoms with Crippen LogP contribution in [-0.2, 0) is 12.8 Å². The van der Waals surface area contributed by atoms with E-state index in [1.165, 1.54) is 0 Å². The van der Waals surface area contributed by atoms with Crippen LogP contribution in [0.25, 0.3) is 11.3 Å². The highest BCUT2D eigenvalue weighted by molar-refractivity contribution is 7.08. The molecule has 0 aliphatic carbocycles. The van der Waals surface area contributed by atoms with Crippen molar-refractivity contribution in [3.63, 3.8) is 0 Å². The molecule has 1 aliphatic heterocycles. The number of pyridine rings is 1. The topological polar surface area (TPSA) is 59.0 Å². The lowest BCUT2D eigenvalue weighted by Gasteiger charge is -2.19. The van der Waals surface area contributed by atoms with Gasteiger partial charge in [0, 0.05) is 47.4 Å². The van der Waals surface area contributed by atoms with Crippen molar-refractivity contribution in [1.29, 1.82) is 0 Å². The summed E-state index contributed by atoms with van der Waals surface area (Å²) in [4.78, 5) is 28.0. The van der Waals surface area contributed by atoms with Gasteiger partial charge in [-0.25, -0.2) is 15.0 Å². The Morgan fingerprint density at radius 3 is 2.84 bits per heavy atom. The van der Waals surface area contributed by atoms with Gasteiger partial charge in [-0.05, 0) is 36.9 Å². The van der Waals surface area contributed by atoms with Crippen LogP contribution in [0.4, 0.5) is 0 Å². The lowest BCUT2D eigenvalue weighted by molar-refractivity contribution is 0.0757. The minimum absolute atomic E-state index is 0.0125. The van der Waals surface area contributed by atoms with Crippen LogP contribution in [0.5, 0.6) is 0 Å². The normalized spacial score (nSPS) is 14.0. The minimum atomic E-state index is -0.0125. The average Bonchev–Trinajstić information content (AvgIpc) is 3.07. The summed E-state index contributed by atoms with van der Waals surface area (Å²) in [6.45, 7) is 3.21. The number of fused-ring (bicyclic) bond motifs is 1. The second-order valence-corrected chi connectivity index (χ2v) is 6.90. The Bertz CT molecular complexity index is 908. The number of carbonyl (C=O) groups excluding carboxylic acids is 1. The highest BCUT2D eigenvalue weighted by atomic mass is 32.1. The smallest absolute Gasteiger partial charge is 0.272 e. The predicted octanol–water partition coefficient (Wildman–Crippen LogP) is 3.15. The van der Waals surface area contributed by atoms with Gasteiger partial charge in [0.15, 0.2) is 0 Å². The van der Waals surface area contributed by atoms with Gasteiger partial charge in [-0.1, -0.05) is 6.07 Å². The number of amides is 1. The van der Waals surface area contributed by atoms with Crippen LogP contribution >= 0.6 is 11.3 Å². The van der Waals surface area contributed by atoms with Gasteiger partial charge in [-0.15, -0.1) is 0 Å². The Morgan fingerprint density at radius 2 is 2.04 bits per heavy atom. The summed E-state index contributed by atoms with van der Waals surface area (Å²) >= 11 is 1.66. The second kappa shape index (κ2) is 6.72. The van der Waals surface area contributed by atoms with Crippen LogP contribution in [0.15, 0.2) is 41.4 Å². The van der Waals surface area contributed by atoms with Crippen molar-refractivity contribution in [3.8, 4) is 11.3 Å². The van der Waals surface area contributed by atoms with Crippen LogP contribution in [0.2, 0.25) is 0 Å². The summed E-state index contributed by atoms with van der Waals surface area (Å²) in [5.41, 5.74) is 5.69. The van der Waals surface area contributed by atoms with Crippen LogP contribution in [-0.4, -0.2) is 38.8 Å². The maximum atomic E-state index is 12.8. The third kappa shape index (κ3) is 3.17. The largest absolute Gasteiger partial charge is 0.337 e. The fourth-order valence-corrected chi connectivity index (χ4v) is 3.84. The third-order valence-electron chi connectivity index (χ3n) is 4.47. The molecule has 0 saturated heterocycles. The Hall–Kier alpha value is -2.60. The van der Waals surface area contributed by atoms with Crippen molar-refractivity contribution in [1.82, 2.24) is 19.9 Å². The Balaban J connectivity index is 1.60. The molecule has 0 bridgehead atoms. The Kier molecular flexibility index (Phi) is 4.28. The van der Waals surface area contributed by atoms with Crippen molar-refractivity contribution in [2.75, 3.05) is 13.1 Å². The molecular weight excluding hydrogens is 332 g/mol. The molecule has 25 heavy (non-hydrogen) atoms. The molecule has 0 unspecified atom stereocenters. The first-order chi connectivity index (χ1) is 12.2. The van der Waals surface area contributed by atoms with E-state index in [0.29, 0.717) is 18.8 Å². The maximum Gasteiger partial charge on any atom is 0.272 e. The van der Waals surface area contributed by atoms with Crippen molar-refractivity contribution in [2.24, 2.45) is 0 Å². The summed E-state index contributed by atoms with van der Waals surface area (Å²) in [6, 6.07) is 7.64. The molecule has 3 aromatic heterocycles. The molecular formula is C19H18N4OS. The SMILES string of the molecule is Cc1cccc(C(=O)N2CCc3ncnc(-c4ccsc4)c3CC2)n1. The van der Waals surface area contributed by atoms with Crippen LogP contribution < -0.4 is 0 Å². The lowest BCUT2D eigenvalue weighted by atomic mass is 10.0. The molecule has 0 atom stereocenters. The van der Waals surface area contributed by atoms with E-state index < -0.39 is 0 Å². The monoisotopic (exact) mass is 350 g/mol. The molecule has 0 aromatic carbocycles. The van der Waals surface area contributed by atoms with Crippen LogP contribution in [0, 0.1) is 6.92 Å². The molecule has 3 aromatic rings. The molecule has 0 fully saturated rings. The van der Waals surface area contributed by atoms with Gasteiger partial charge in [-0.3, -0.25) is 4.79 Å². The van der Waals surface area contributed by atoms with Gasteiger partial charge >= 0.3 is 0 Å². The molecule has 5 nitrogen and oxygen atoms in total. The van der Waals surface area contributed by atoms with Crippen molar-refractivity contribution in [2.45, 2.75) is 19.8 Å². The summed E-state index contributed by atoms with van der Waals surface area (Å²) in [6.07, 6.45) is 3.14. The Labute approximate surface area is 150 Å². The number of aryl methyl sites for hydroxylation is 1. The molecule has 0 saturated carbocycles. The molecule has 0 radical (unpaired) electrons. The van der Waals surface area contributed by atoms with E-state index in [1.54, 1.807) is 23.7 Å². The quantitative estimate of drug-likeness (QED) is 0.712. The number of hydrogen-bond acceptors (Lipinski definition) is 5. The number of aromatic nitrogens is 3. The molecule has 6 heteroatoms.